The smallest absolute Gasteiger partial charge is 0.243 e. The van der Waals surface area contributed by atoms with Crippen molar-refractivity contribution in [3.8, 4) is 0 Å². The van der Waals surface area contributed by atoms with Gasteiger partial charge in [-0.25, -0.2) is 8.42 Å². The molecule has 23 heavy (non-hydrogen) atoms. The Balaban J connectivity index is 1.96. The minimum Gasteiger partial charge on any atom is -0.376 e. The number of ether oxygens (including phenoxy) is 1. The van der Waals surface area contributed by atoms with Gasteiger partial charge in [-0.1, -0.05) is 12.1 Å². The molecule has 0 unspecified atom stereocenters. The molecule has 6 nitrogen and oxygen atoms in total. The van der Waals surface area contributed by atoms with Crippen LogP contribution in [0.3, 0.4) is 0 Å². The second-order valence-corrected chi connectivity index (χ2v) is 8.09. The molecule has 2 heterocycles. The first-order valence-corrected chi connectivity index (χ1v) is 9.29. The van der Waals surface area contributed by atoms with Gasteiger partial charge in [0.05, 0.1) is 23.0 Å². The van der Waals surface area contributed by atoms with Crippen LogP contribution in [0.5, 0.6) is 0 Å². The number of amides is 1. The number of nitrogens with zero attached hydrogens (tertiary/aromatic N) is 1. The molecule has 0 spiro atoms. The lowest BCUT2D eigenvalue weighted by molar-refractivity contribution is -0.127. The van der Waals surface area contributed by atoms with Gasteiger partial charge in [-0.05, 0) is 37.5 Å². The molecule has 2 aliphatic heterocycles. The van der Waals surface area contributed by atoms with Crippen molar-refractivity contribution in [1.29, 1.82) is 0 Å². The third-order valence-electron chi connectivity index (χ3n) is 4.68. The topological polar surface area (TPSA) is 75.7 Å². The number of fused-ring (bicyclic) bond motifs is 1. The summed E-state index contributed by atoms with van der Waals surface area (Å²) in [5.41, 5.74) is 0.894. The van der Waals surface area contributed by atoms with E-state index >= 15 is 0 Å². The van der Waals surface area contributed by atoms with Gasteiger partial charge in [0.25, 0.3) is 0 Å². The summed E-state index contributed by atoms with van der Waals surface area (Å²) in [4.78, 5) is 12.3. The van der Waals surface area contributed by atoms with E-state index in [0.717, 1.165) is 5.56 Å². The van der Waals surface area contributed by atoms with Crippen molar-refractivity contribution in [3.63, 3.8) is 0 Å². The number of benzene rings is 1. The monoisotopic (exact) mass is 338 g/mol. The van der Waals surface area contributed by atoms with Crippen molar-refractivity contribution in [1.82, 2.24) is 9.62 Å². The maximum absolute atomic E-state index is 13.1. The zero-order valence-electron chi connectivity index (χ0n) is 13.4. The summed E-state index contributed by atoms with van der Waals surface area (Å²) in [6.45, 7) is 2.61. The number of sulfonamides is 1. The number of hydrogen-bond donors (Lipinski definition) is 1. The van der Waals surface area contributed by atoms with Crippen molar-refractivity contribution in [2.45, 2.75) is 36.8 Å². The van der Waals surface area contributed by atoms with Crippen LogP contribution in [-0.4, -0.2) is 51.0 Å². The van der Waals surface area contributed by atoms with E-state index in [9.17, 15) is 13.2 Å². The van der Waals surface area contributed by atoms with E-state index in [-0.39, 0.29) is 35.4 Å². The summed E-state index contributed by atoms with van der Waals surface area (Å²) in [6.07, 6.45) is 1.05. The average Bonchev–Trinajstić information content (AvgIpc) is 3.01. The molecule has 2 fully saturated rings. The molecule has 0 radical (unpaired) electrons. The summed E-state index contributed by atoms with van der Waals surface area (Å²) in [5.74, 6) is -0.512. The highest BCUT2D eigenvalue weighted by atomic mass is 32.2. The summed E-state index contributed by atoms with van der Waals surface area (Å²) in [7, 11) is -2.07. The summed E-state index contributed by atoms with van der Waals surface area (Å²) < 4.78 is 33.3. The average molecular weight is 338 g/mol. The van der Waals surface area contributed by atoms with Crippen LogP contribution in [0.15, 0.2) is 29.2 Å². The van der Waals surface area contributed by atoms with Gasteiger partial charge in [-0.3, -0.25) is 4.79 Å². The Bertz CT molecular complexity index is 704. The molecule has 2 aliphatic rings. The number of hydrogen-bond acceptors (Lipinski definition) is 4. The SMILES string of the molecule is CNC(=O)[C@H]1C[C@H]2OCC[C@H]2N(S(=O)(=O)c2cccc(C)c2)C1. The molecule has 1 amide bonds. The van der Waals surface area contributed by atoms with Crippen LogP contribution < -0.4 is 5.32 Å². The number of nitrogens with one attached hydrogen (secondary N) is 1. The van der Waals surface area contributed by atoms with Crippen LogP contribution in [0.2, 0.25) is 0 Å². The van der Waals surface area contributed by atoms with Crippen LogP contribution in [0.4, 0.5) is 0 Å². The maximum Gasteiger partial charge on any atom is 0.243 e. The van der Waals surface area contributed by atoms with Gasteiger partial charge in [0, 0.05) is 20.2 Å². The molecule has 0 aromatic heterocycles. The molecule has 0 saturated carbocycles. The first-order chi connectivity index (χ1) is 10.9. The van der Waals surface area contributed by atoms with Crippen LogP contribution in [0, 0.1) is 12.8 Å². The molecule has 1 N–H and O–H groups in total. The lowest BCUT2D eigenvalue weighted by atomic mass is 9.91. The molecular weight excluding hydrogens is 316 g/mol. The van der Waals surface area contributed by atoms with Gasteiger partial charge in [0.1, 0.15) is 0 Å². The molecule has 0 aliphatic carbocycles. The van der Waals surface area contributed by atoms with Crippen LogP contribution in [-0.2, 0) is 19.6 Å². The van der Waals surface area contributed by atoms with Crippen molar-refractivity contribution < 1.29 is 17.9 Å². The van der Waals surface area contributed by atoms with Crippen LogP contribution in [0.1, 0.15) is 18.4 Å². The lowest BCUT2D eigenvalue weighted by Gasteiger charge is -2.39. The third kappa shape index (κ3) is 3.00. The predicted octanol–water partition coefficient (Wildman–Crippen LogP) is 0.909. The summed E-state index contributed by atoms with van der Waals surface area (Å²) >= 11 is 0. The van der Waals surface area contributed by atoms with Crippen molar-refractivity contribution >= 4 is 15.9 Å². The van der Waals surface area contributed by atoms with Gasteiger partial charge in [0.15, 0.2) is 0 Å². The number of carbonyl (C=O) groups excluding carboxylic acids is 1. The van der Waals surface area contributed by atoms with Gasteiger partial charge < -0.3 is 10.1 Å². The van der Waals surface area contributed by atoms with E-state index in [0.29, 0.717) is 19.4 Å². The van der Waals surface area contributed by atoms with E-state index in [2.05, 4.69) is 5.32 Å². The van der Waals surface area contributed by atoms with E-state index in [1.807, 2.05) is 13.0 Å². The van der Waals surface area contributed by atoms with E-state index in [1.54, 1.807) is 25.2 Å². The first kappa shape index (κ1) is 16.4. The highest BCUT2D eigenvalue weighted by Gasteiger charge is 2.47. The van der Waals surface area contributed by atoms with Gasteiger partial charge in [-0.15, -0.1) is 0 Å². The molecular formula is C16H22N2O4S. The van der Waals surface area contributed by atoms with Crippen molar-refractivity contribution in [2.75, 3.05) is 20.2 Å². The summed E-state index contributed by atoms with van der Waals surface area (Å²) in [5, 5.41) is 2.62. The number of aryl methyl sites for hydroxylation is 1. The maximum atomic E-state index is 13.1. The fourth-order valence-electron chi connectivity index (χ4n) is 3.48. The van der Waals surface area contributed by atoms with Crippen molar-refractivity contribution in [2.24, 2.45) is 5.92 Å². The Labute approximate surface area is 136 Å². The number of rotatable bonds is 3. The predicted molar refractivity (Wildman–Crippen MR) is 85.4 cm³/mol. The minimum absolute atomic E-state index is 0.136. The van der Waals surface area contributed by atoms with E-state index < -0.39 is 10.0 Å². The summed E-state index contributed by atoms with van der Waals surface area (Å²) in [6, 6.07) is 6.71. The highest BCUT2D eigenvalue weighted by molar-refractivity contribution is 7.89. The standard InChI is InChI=1S/C16H22N2O4S/c1-11-4-3-5-13(8-11)23(20,21)18-10-12(16(19)17-2)9-15-14(18)6-7-22-15/h3-5,8,12,14-15H,6-7,9-10H2,1-2H3,(H,17,19)/t12-,14+,15+/m0/s1. The largest absolute Gasteiger partial charge is 0.376 e. The molecule has 126 valence electrons. The highest BCUT2D eigenvalue weighted by Crippen LogP contribution is 2.35. The quantitative estimate of drug-likeness (QED) is 0.889. The molecule has 0 bridgehead atoms. The zero-order chi connectivity index (χ0) is 16.6. The normalized spacial score (nSPS) is 28.3. The molecule has 3 atom stereocenters. The lowest BCUT2D eigenvalue weighted by Crippen LogP contribution is -2.54. The molecule has 7 heteroatoms. The fourth-order valence-corrected chi connectivity index (χ4v) is 5.31. The Hall–Kier alpha value is -1.44. The molecule has 1 aromatic carbocycles. The van der Waals surface area contributed by atoms with Gasteiger partial charge in [-0.2, -0.15) is 4.31 Å². The Morgan fingerprint density at radius 3 is 2.87 bits per heavy atom. The minimum atomic E-state index is -3.64. The molecule has 1 aromatic rings. The second-order valence-electron chi connectivity index (χ2n) is 6.20. The van der Waals surface area contributed by atoms with E-state index in [4.69, 9.17) is 4.74 Å². The zero-order valence-corrected chi connectivity index (χ0v) is 14.2. The van der Waals surface area contributed by atoms with Gasteiger partial charge in [0.2, 0.25) is 15.9 Å². The Morgan fingerprint density at radius 1 is 1.39 bits per heavy atom. The first-order valence-electron chi connectivity index (χ1n) is 7.85. The Morgan fingerprint density at radius 2 is 2.17 bits per heavy atom. The Kier molecular flexibility index (Phi) is 4.44. The number of carbonyl (C=O) groups is 1. The number of piperidine rings is 1. The molecule has 3 rings (SSSR count). The second kappa shape index (κ2) is 6.22. The third-order valence-corrected chi connectivity index (χ3v) is 6.56. The van der Waals surface area contributed by atoms with E-state index in [1.165, 1.54) is 4.31 Å². The van der Waals surface area contributed by atoms with Gasteiger partial charge >= 0.3 is 0 Å². The fraction of sp³-hybridized carbons (Fsp3) is 0.562. The van der Waals surface area contributed by atoms with Crippen LogP contribution in [0.25, 0.3) is 0 Å². The van der Waals surface area contributed by atoms with Crippen molar-refractivity contribution in [3.05, 3.63) is 29.8 Å². The molecule has 2 saturated heterocycles. The van der Waals surface area contributed by atoms with Crippen LogP contribution >= 0.6 is 0 Å².